The molecule has 1 atom stereocenters. The van der Waals surface area contributed by atoms with Gasteiger partial charge in [-0.1, -0.05) is 5.16 Å². The van der Waals surface area contributed by atoms with Crippen LogP contribution >= 0.6 is 0 Å². The Morgan fingerprint density at radius 2 is 2.00 bits per heavy atom. The van der Waals surface area contributed by atoms with E-state index in [2.05, 4.69) is 25.3 Å². The Hall–Kier alpha value is -0.980. The van der Waals surface area contributed by atoms with Gasteiger partial charge in [-0.15, -0.1) is 0 Å². The molecule has 1 N–H and O–H groups in total. The van der Waals surface area contributed by atoms with Crippen LogP contribution < -0.4 is 5.32 Å². The number of nitrogens with one attached hydrogen (secondary N) is 1. The van der Waals surface area contributed by atoms with Crippen molar-refractivity contribution < 1.29 is 4.52 Å². The van der Waals surface area contributed by atoms with Crippen LogP contribution in [0, 0.1) is 0 Å². The summed E-state index contributed by atoms with van der Waals surface area (Å²) >= 11 is 0. The summed E-state index contributed by atoms with van der Waals surface area (Å²) in [6, 6.07) is 0.752. The van der Waals surface area contributed by atoms with Crippen molar-refractivity contribution in [2.45, 2.75) is 37.8 Å². The number of hydrogen-bond acceptors (Lipinski definition) is 6. The lowest BCUT2D eigenvalue weighted by Crippen LogP contribution is -2.50. The summed E-state index contributed by atoms with van der Waals surface area (Å²) in [7, 11) is 0. The van der Waals surface area contributed by atoms with E-state index < -0.39 is 0 Å². The van der Waals surface area contributed by atoms with Crippen LogP contribution in [-0.4, -0.2) is 65.3 Å². The van der Waals surface area contributed by atoms with Crippen molar-refractivity contribution in [1.82, 2.24) is 25.3 Å². The molecule has 1 aromatic rings. The van der Waals surface area contributed by atoms with Crippen molar-refractivity contribution in [2.75, 3.05) is 39.3 Å². The van der Waals surface area contributed by atoms with Crippen LogP contribution in [0.5, 0.6) is 0 Å². The monoisotopic (exact) mass is 277 g/mol. The molecule has 0 spiro atoms. The molecule has 110 valence electrons. The van der Waals surface area contributed by atoms with Crippen LogP contribution in [0.2, 0.25) is 0 Å². The summed E-state index contributed by atoms with van der Waals surface area (Å²) in [6.07, 6.45) is 3.76. The van der Waals surface area contributed by atoms with Gasteiger partial charge in [0.15, 0.2) is 5.82 Å². The van der Waals surface area contributed by atoms with E-state index in [1.807, 2.05) is 0 Å². The maximum Gasteiger partial charge on any atom is 0.240 e. The van der Waals surface area contributed by atoms with Gasteiger partial charge >= 0.3 is 0 Å². The quantitative estimate of drug-likeness (QED) is 0.861. The molecule has 3 heterocycles. The SMILES string of the molecule is C1CC(N2CCN(Cc3nc(C4CC4)no3)CC2)CN1. The topological polar surface area (TPSA) is 57.4 Å². The molecule has 20 heavy (non-hydrogen) atoms. The number of rotatable bonds is 4. The van der Waals surface area contributed by atoms with Crippen molar-refractivity contribution in [3.8, 4) is 0 Å². The van der Waals surface area contributed by atoms with Crippen molar-refractivity contribution in [3.05, 3.63) is 11.7 Å². The maximum absolute atomic E-state index is 5.37. The van der Waals surface area contributed by atoms with E-state index in [9.17, 15) is 0 Å². The fraction of sp³-hybridized carbons (Fsp3) is 0.857. The van der Waals surface area contributed by atoms with E-state index in [0.717, 1.165) is 57.0 Å². The van der Waals surface area contributed by atoms with Gasteiger partial charge in [0.05, 0.1) is 6.54 Å². The molecule has 3 aliphatic rings. The highest BCUT2D eigenvalue weighted by atomic mass is 16.5. The molecule has 0 amide bonds. The van der Waals surface area contributed by atoms with Gasteiger partial charge in [0, 0.05) is 44.7 Å². The highest BCUT2D eigenvalue weighted by Crippen LogP contribution is 2.38. The molecule has 3 fully saturated rings. The van der Waals surface area contributed by atoms with Crippen LogP contribution in [0.3, 0.4) is 0 Å². The predicted octanol–water partition coefficient (Wildman–Crippen LogP) is 0.427. The highest BCUT2D eigenvalue weighted by Gasteiger charge is 2.30. The Morgan fingerprint density at radius 1 is 1.15 bits per heavy atom. The van der Waals surface area contributed by atoms with E-state index >= 15 is 0 Å². The summed E-state index contributed by atoms with van der Waals surface area (Å²) in [5.74, 6) is 2.30. The first-order chi connectivity index (χ1) is 9.88. The standard InChI is InChI=1S/C14H23N5O/c1-2-11(1)14-16-13(20-17-14)10-18-5-7-19(8-6-18)12-3-4-15-9-12/h11-12,15H,1-10H2. The number of nitrogens with zero attached hydrogens (tertiary/aromatic N) is 4. The van der Waals surface area contributed by atoms with Crippen molar-refractivity contribution in [2.24, 2.45) is 0 Å². The van der Waals surface area contributed by atoms with E-state index in [1.54, 1.807) is 0 Å². The first kappa shape index (κ1) is 12.7. The van der Waals surface area contributed by atoms with Gasteiger partial charge in [0.1, 0.15) is 0 Å². The molecule has 0 radical (unpaired) electrons. The van der Waals surface area contributed by atoms with Crippen LogP contribution in [0.1, 0.15) is 36.9 Å². The maximum atomic E-state index is 5.37. The lowest BCUT2D eigenvalue weighted by atomic mass is 10.2. The van der Waals surface area contributed by atoms with Gasteiger partial charge in [-0.3, -0.25) is 9.80 Å². The smallest absolute Gasteiger partial charge is 0.240 e. The second-order valence-electron chi connectivity index (χ2n) is 6.28. The fourth-order valence-electron chi connectivity index (χ4n) is 3.27. The Bertz CT molecular complexity index is 444. The molecule has 0 aromatic carbocycles. The van der Waals surface area contributed by atoms with Gasteiger partial charge in [-0.2, -0.15) is 4.98 Å². The minimum Gasteiger partial charge on any atom is -0.338 e. The van der Waals surface area contributed by atoms with Crippen LogP contribution in [0.25, 0.3) is 0 Å². The molecule has 1 aliphatic carbocycles. The zero-order valence-electron chi connectivity index (χ0n) is 11.9. The number of hydrogen-bond donors (Lipinski definition) is 1. The van der Waals surface area contributed by atoms with E-state index in [0.29, 0.717) is 5.92 Å². The minimum absolute atomic E-state index is 0.583. The highest BCUT2D eigenvalue weighted by molar-refractivity contribution is 5.03. The fourth-order valence-corrected chi connectivity index (χ4v) is 3.27. The summed E-state index contributed by atoms with van der Waals surface area (Å²) < 4.78 is 5.37. The lowest BCUT2D eigenvalue weighted by molar-refractivity contribution is 0.0908. The molecule has 1 saturated carbocycles. The molecule has 4 rings (SSSR count). The molecule has 2 aliphatic heterocycles. The molecule has 1 unspecified atom stereocenters. The van der Waals surface area contributed by atoms with Gasteiger partial charge in [0.2, 0.25) is 5.89 Å². The third-order valence-electron chi connectivity index (χ3n) is 4.74. The Kier molecular flexibility index (Phi) is 3.45. The number of piperazine rings is 1. The summed E-state index contributed by atoms with van der Waals surface area (Å²) in [4.78, 5) is 9.58. The first-order valence-electron chi connectivity index (χ1n) is 7.88. The van der Waals surface area contributed by atoms with E-state index in [-0.39, 0.29) is 0 Å². The second kappa shape index (κ2) is 5.42. The second-order valence-corrected chi connectivity index (χ2v) is 6.28. The van der Waals surface area contributed by atoms with E-state index in [1.165, 1.54) is 25.8 Å². The van der Waals surface area contributed by atoms with Gasteiger partial charge in [-0.05, 0) is 25.8 Å². The Balaban J connectivity index is 1.27. The van der Waals surface area contributed by atoms with Gasteiger partial charge in [-0.25, -0.2) is 0 Å². The Labute approximate surface area is 119 Å². The Morgan fingerprint density at radius 3 is 2.70 bits per heavy atom. The molecule has 2 saturated heterocycles. The third-order valence-corrected chi connectivity index (χ3v) is 4.74. The predicted molar refractivity (Wildman–Crippen MR) is 74.4 cm³/mol. The van der Waals surface area contributed by atoms with Gasteiger partial charge in [0.25, 0.3) is 0 Å². The van der Waals surface area contributed by atoms with E-state index in [4.69, 9.17) is 4.52 Å². The zero-order valence-corrected chi connectivity index (χ0v) is 11.9. The number of aromatic nitrogens is 2. The van der Waals surface area contributed by atoms with Crippen LogP contribution in [0.15, 0.2) is 4.52 Å². The average molecular weight is 277 g/mol. The van der Waals surface area contributed by atoms with Crippen molar-refractivity contribution in [1.29, 1.82) is 0 Å². The zero-order chi connectivity index (χ0) is 13.4. The molecule has 1 aromatic heterocycles. The first-order valence-corrected chi connectivity index (χ1v) is 7.88. The summed E-state index contributed by atoms with van der Waals surface area (Å²) in [6.45, 7) is 7.70. The van der Waals surface area contributed by atoms with Crippen molar-refractivity contribution in [3.63, 3.8) is 0 Å². The normalized spacial score (nSPS) is 29.1. The van der Waals surface area contributed by atoms with Crippen molar-refractivity contribution >= 4 is 0 Å². The molecule has 6 nitrogen and oxygen atoms in total. The average Bonchev–Trinajstić information content (AvgIpc) is 3.00. The molecular formula is C14H23N5O. The molecule has 0 bridgehead atoms. The largest absolute Gasteiger partial charge is 0.338 e. The lowest BCUT2D eigenvalue weighted by Gasteiger charge is -2.37. The molecule has 6 heteroatoms. The summed E-state index contributed by atoms with van der Waals surface area (Å²) in [5.41, 5.74) is 0. The summed E-state index contributed by atoms with van der Waals surface area (Å²) in [5, 5.41) is 7.54. The van der Waals surface area contributed by atoms with Crippen LogP contribution in [0.4, 0.5) is 0 Å². The van der Waals surface area contributed by atoms with Crippen LogP contribution in [-0.2, 0) is 6.54 Å². The molecular weight excluding hydrogens is 254 g/mol. The minimum atomic E-state index is 0.583. The third kappa shape index (κ3) is 2.73. The van der Waals surface area contributed by atoms with Gasteiger partial charge < -0.3 is 9.84 Å².